The average Bonchev–Trinajstić information content (AvgIpc) is 2.84. The molecular weight excluding hydrogens is 240 g/mol. The number of aromatic nitrogens is 3. The maximum Gasteiger partial charge on any atom is 0.187 e. The number of Topliss-reactive ketones (excluding diaryl/α,β-unsaturated/α-hetero) is 1. The normalized spacial score (nSPS) is 9.56. The quantitative estimate of drug-likeness (QED) is 0.789. The summed E-state index contributed by atoms with van der Waals surface area (Å²) < 4.78 is 27.1. The van der Waals surface area contributed by atoms with E-state index in [0.717, 1.165) is 12.1 Å². The maximum absolute atomic E-state index is 13.2. The third-order valence-corrected chi connectivity index (χ3v) is 2.00. The largest absolute Gasteiger partial charge is 0.292 e. The number of carbonyl (C=O) groups excluding carboxylic acids is 1. The number of carbonyl (C=O) groups is 1. The number of hydrogen-bond acceptors (Lipinski definition) is 3. The van der Waals surface area contributed by atoms with E-state index in [9.17, 15) is 13.6 Å². The highest BCUT2D eigenvalue weighted by Gasteiger charge is 2.13. The summed E-state index contributed by atoms with van der Waals surface area (Å²) in [4.78, 5) is 15.2. The van der Waals surface area contributed by atoms with E-state index in [4.69, 9.17) is 0 Å². The second kappa shape index (κ2) is 6.58. The molecule has 0 aliphatic carbocycles. The van der Waals surface area contributed by atoms with E-state index in [1.807, 2.05) is 13.8 Å². The predicted molar refractivity (Wildman–Crippen MR) is 62.1 cm³/mol. The molecule has 0 fully saturated rings. The first kappa shape index (κ1) is 14.0. The second-order valence-electron chi connectivity index (χ2n) is 3.14. The Hall–Kier alpha value is -2.11. The Kier molecular flexibility index (Phi) is 5.10. The van der Waals surface area contributed by atoms with Gasteiger partial charge in [0, 0.05) is 6.07 Å². The van der Waals surface area contributed by atoms with Crippen molar-refractivity contribution < 1.29 is 13.6 Å². The Bertz CT molecular complexity index is 512. The molecule has 0 bridgehead atoms. The molecule has 2 rings (SSSR count). The summed E-state index contributed by atoms with van der Waals surface area (Å²) >= 11 is 0. The number of halogens is 2. The van der Waals surface area contributed by atoms with Gasteiger partial charge in [-0.15, -0.1) is 0 Å². The van der Waals surface area contributed by atoms with Crippen LogP contribution in [0.15, 0.2) is 30.9 Å². The van der Waals surface area contributed by atoms with Crippen LogP contribution in [-0.2, 0) is 6.54 Å². The summed E-state index contributed by atoms with van der Waals surface area (Å²) in [5.41, 5.74) is -0.156. The Labute approximate surface area is 103 Å². The second-order valence-corrected chi connectivity index (χ2v) is 3.14. The molecule has 0 amide bonds. The summed E-state index contributed by atoms with van der Waals surface area (Å²) in [6, 6.07) is 2.83. The topological polar surface area (TPSA) is 47.8 Å². The van der Waals surface area contributed by atoms with Gasteiger partial charge in [-0.25, -0.2) is 18.4 Å². The summed E-state index contributed by atoms with van der Waals surface area (Å²) in [7, 11) is 0. The van der Waals surface area contributed by atoms with Gasteiger partial charge in [-0.1, -0.05) is 13.8 Å². The van der Waals surface area contributed by atoms with Gasteiger partial charge in [-0.3, -0.25) is 4.79 Å². The van der Waals surface area contributed by atoms with Crippen LogP contribution >= 0.6 is 0 Å². The van der Waals surface area contributed by atoms with Crippen molar-refractivity contribution in [3.05, 3.63) is 48.1 Å². The van der Waals surface area contributed by atoms with Crippen LogP contribution in [-0.4, -0.2) is 20.5 Å². The van der Waals surface area contributed by atoms with Gasteiger partial charge in [0.2, 0.25) is 0 Å². The van der Waals surface area contributed by atoms with Gasteiger partial charge >= 0.3 is 0 Å². The predicted octanol–water partition coefficient (Wildman–Crippen LogP) is 2.47. The van der Waals surface area contributed by atoms with E-state index in [-0.39, 0.29) is 12.1 Å². The van der Waals surface area contributed by atoms with Crippen molar-refractivity contribution in [3.8, 4) is 0 Å². The molecule has 0 radical (unpaired) electrons. The Morgan fingerprint density at radius 3 is 2.61 bits per heavy atom. The van der Waals surface area contributed by atoms with E-state index < -0.39 is 17.4 Å². The molecular formula is C12H13F2N3O. The number of hydrogen-bond donors (Lipinski definition) is 0. The molecule has 4 nitrogen and oxygen atoms in total. The van der Waals surface area contributed by atoms with Crippen LogP contribution in [0.25, 0.3) is 0 Å². The van der Waals surface area contributed by atoms with Gasteiger partial charge in [-0.2, -0.15) is 5.10 Å². The third-order valence-electron chi connectivity index (χ3n) is 2.00. The van der Waals surface area contributed by atoms with Gasteiger partial charge in [0.25, 0.3) is 0 Å². The van der Waals surface area contributed by atoms with Crippen LogP contribution in [0, 0.1) is 11.6 Å². The lowest BCUT2D eigenvalue weighted by molar-refractivity contribution is 0.0963. The van der Waals surface area contributed by atoms with Crippen molar-refractivity contribution in [3.63, 3.8) is 0 Å². The van der Waals surface area contributed by atoms with Crippen LogP contribution in [0.5, 0.6) is 0 Å². The molecule has 1 aromatic heterocycles. The third kappa shape index (κ3) is 3.44. The molecule has 0 aliphatic rings. The molecule has 0 unspecified atom stereocenters. The summed E-state index contributed by atoms with van der Waals surface area (Å²) in [5, 5.41) is 3.72. The van der Waals surface area contributed by atoms with Crippen molar-refractivity contribution in [2.75, 3.05) is 0 Å². The number of nitrogens with zero attached hydrogens (tertiary/aromatic N) is 3. The highest BCUT2D eigenvalue weighted by Crippen LogP contribution is 2.10. The summed E-state index contributed by atoms with van der Waals surface area (Å²) in [5.74, 6) is -2.07. The highest BCUT2D eigenvalue weighted by molar-refractivity contribution is 5.96. The minimum Gasteiger partial charge on any atom is -0.292 e. The van der Waals surface area contributed by atoms with Crippen LogP contribution in [0.2, 0.25) is 0 Å². The molecule has 0 aliphatic heterocycles. The van der Waals surface area contributed by atoms with Crippen molar-refractivity contribution >= 4 is 5.78 Å². The van der Waals surface area contributed by atoms with E-state index in [2.05, 4.69) is 10.1 Å². The fourth-order valence-corrected chi connectivity index (χ4v) is 1.26. The number of benzene rings is 1. The average molecular weight is 253 g/mol. The fourth-order valence-electron chi connectivity index (χ4n) is 1.26. The smallest absolute Gasteiger partial charge is 0.187 e. The molecule has 6 heteroatoms. The maximum atomic E-state index is 13.2. The van der Waals surface area contributed by atoms with E-state index in [0.29, 0.717) is 6.07 Å². The van der Waals surface area contributed by atoms with Crippen molar-refractivity contribution in [1.29, 1.82) is 0 Å². The zero-order valence-electron chi connectivity index (χ0n) is 10.1. The lowest BCUT2D eigenvalue weighted by Gasteiger charge is -2.02. The van der Waals surface area contributed by atoms with E-state index in [1.54, 1.807) is 0 Å². The molecule has 0 saturated carbocycles. The SMILES string of the molecule is CC.O=C(Cn1cncn1)c1ccc(F)cc1F. The van der Waals surface area contributed by atoms with Crippen molar-refractivity contribution in [2.24, 2.45) is 0 Å². The van der Waals surface area contributed by atoms with E-state index in [1.165, 1.54) is 17.3 Å². The lowest BCUT2D eigenvalue weighted by atomic mass is 10.1. The lowest BCUT2D eigenvalue weighted by Crippen LogP contribution is -2.12. The standard InChI is InChI=1S/C10H7F2N3O.C2H6/c11-7-1-2-8(9(12)3-7)10(16)4-15-6-13-5-14-15;1-2/h1-3,5-6H,4H2;1-2H3. The van der Waals surface area contributed by atoms with Gasteiger partial charge in [-0.05, 0) is 12.1 Å². The molecule has 0 N–H and O–H groups in total. The fraction of sp³-hybridized carbons (Fsp3) is 0.250. The van der Waals surface area contributed by atoms with Crippen molar-refractivity contribution in [2.45, 2.75) is 20.4 Å². The molecule has 1 aromatic carbocycles. The number of rotatable bonds is 3. The molecule has 1 heterocycles. The van der Waals surface area contributed by atoms with Gasteiger partial charge in [0.1, 0.15) is 30.8 Å². The van der Waals surface area contributed by atoms with Crippen LogP contribution in [0.4, 0.5) is 8.78 Å². The molecule has 0 atom stereocenters. The molecule has 2 aromatic rings. The zero-order valence-corrected chi connectivity index (χ0v) is 10.1. The van der Waals surface area contributed by atoms with Crippen molar-refractivity contribution in [1.82, 2.24) is 14.8 Å². The Morgan fingerprint density at radius 1 is 1.33 bits per heavy atom. The molecule has 0 saturated heterocycles. The Balaban J connectivity index is 0.000000771. The first-order valence-corrected chi connectivity index (χ1v) is 5.47. The van der Waals surface area contributed by atoms with E-state index >= 15 is 0 Å². The van der Waals surface area contributed by atoms with Crippen LogP contribution < -0.4 is 0 Å². The zero-order chi connectivity index (χ0) is 13.5. The van der Waals surface area contributed by atoms with Gasteiger partial charge in [0.15, 0.2) is 5.78 Å². The number of ketones is 1. The van der Waals surface area contributed by atoms with Gasteiger partial charge < -0.3 is 0 Å². The summed E-state index contributed by atoms with van der Waals surface area (Å²) in [6.45, 7) is 3.88. The summed E-state index contributed by atoms with van der Waals surface area (Å²) in [6.07, 6.45) is 2.62. The monoisotopic (exact) mass is 253 g/mol. The highest BCUT2D eigenvalue weighted by atomic mass is 19.1. The minimum absolute atomic E-state index is 0.122. The van der Waals surface area contributed by atoms with Crippen LogP contribution in [0.1, 0.15) is 24.2 Å². The molecule has 96 valence electrons. The van der Waals surface area contributed by atoms with Crippen LogP contribution in [0.3, 0.4) is 0 Å². The first-order valence-electron chi connectivity index (χ1n) is 5.47. The minimum atomic E-state index is -0.870. The first-order chi connectivity index (χ1) is 8.66. The molecule has 18 heavy (non-hydrogen) atoms. The Morgan fingerprint density at radius 2 is 2.06 bits per heavy atom. The van der Waals surface area contributed by atoms with Gasteiger partial charge in [0.05, 0.1) is 5.56 Å². The molecule has 0 spiro atoms.